The lowest BCUT2D eigenvalue weighted by Crippen LogP contribution is -2.16. The van der Waals surface area contributed by atoms with Gasteiger partial charge in [-0.15, -0.1) is 0 Å². The molecule has 0 spiro atoms. The van der Waals surface area contributed by atoms with Gasteiger partial charge in [-0.3, -0.25) is 19.7 Å². The molecule has 0 fully saturated rings. The lowest BCUT2D eigenvalue weighted by molar-refractivity contribution is 0.111. The van der Waals surface area contributed by atoms with Crippen LogP contribution in [0.2, 0.25) is 0 Å². The van der Waals surface area contributed by atoms with Gasteiger partial charge >= 0.3 is 6.09 Å². The van der Waals surface area contributed by atoms with Gasteiger partial charge in [0, 0.05) is 29.7 Å². The number of imidazole rings is 1. The van der Waals surface area contributed by atoms with Crippen LogP contribution in [0.1, 0.15) is 10.5 Å². The first-order chi connectivity index (χ1) is 16.7. The second-order valence-electron chi connectivity index (χ2n) is 7.28. The van der Waals surface area contributed by atoms with Crippen LogP contribution in [0.4, 0.5) is 10.5 Å². The Morgan fingerprint density at radius 2 is 1.65 bits per heavy atom. The van der Waals surface area contributed by atoms with Crippen LogP contribution in [0.5, 0.6) is 17.2 Å². The predicted octanol–water partition coefficient (Wildman–Crippen LogP) is 5.64. The molecule has 8 heteroatoms. The lowest BCUT2D eigenvalue weighted by Gasteiger charge is -2.09. The number of para-hydroxylation sites is 1. The molecule has 3 aromatic carbocycles. The summed E-state index contributed by atoms with van der Waals surface area (Å²) in [6, 6.07) is 25.0. The standard InChI is InChI=1S/C26H18N4O4/c31-16-19-14-23(12-13-27-19)33-22-10-11-25-24(15-22)28-17-30(25)20-8-6-18(7-9-20)29-26(32)34-21-4-2-1-3-5-21/h1-17H,(H,29,32). The summed E-state index contributed by atoms with van der Waals surface area (Å²) in [5.74, 6) is 1.58. The highest BCUT2D eigenvalue weighted by molar-refractivity contribution is 5.86. The number of nitrogens with one attached hydrogen (secondary N) is 1. The van der Waals surface area contributed by atoms with E-state index in [1.54, 1.807) is 54.9 Å². The maximum Gasteiger partial charge on any atom is 0.417 e. The molecule has 0 saturated heterocycles. The minimum atomic E-state index is -0.561. The third-order valence-corrected chi connectivity index (χ3v) is 4.97. The molecule has 0 bridgehead atoms. The smallest absolute Gasteiger partial charge is 0.417 e. The van der Waals surface area contributed by atoms with Crippen molar-refractivity contribution in [1.82, 2.24) is 14.5 Å². The fraction of sp³-hybridized carbons (Fsp3) is 0. The number of ether oxygens (including phenoxy) is 2. The molecule has 166 valence electrons. The highest BCUT2D eigenvalue weighted by Gasteiger charge is 2.09. The molecule has 0 aliphatic carbocycles. The van der Waals surface area contributed by atoms with Gasteiger partial charge in [0.2, 0.25) is 0 Å². The summed E-state index contributed by atoms with van der Waals surface area (Å²) in [4.78, 5) is 31.4. The van der Waals surface area contributed by atoms with E-state index < -0.39 is 6.09 Å². The zero-order valence-corrected chi connectivity index (χ0v) is 17.8. The van der Waals surface area contributed by atoms with E-state index in [2.05, 4.69) is 15.3 Å². The average Bonchev–Trinajstić information content (AvgIpc) is 3.28. The molecule has 0 aliphatic heterocycles. The largest absolute Gasteiger partial charge is 0.457 e. The second-order valence-corrected chi connectivity index (χ2v) is 7.28. The van der Waals surface area contributed by atoms with Gasteiger partial charge in [0.1, 0.15) is 29.3 Å². The number of rotatable bonds is 6. The van der Waals surface area contributed by atoms with Gasteiger partial charge in [-0.2, -0.15) is 0 Å². The molecule has 0 saturated carbocycles. The van der Waals surface area contributed by atoms with Crippen LogP contribution in [-0.2, 0) is 0 Å². The Morgan fingerprint density at radius 1 is 0.853 bits per heavy atom. The molecular weight excluding hydrogens is 432 g/mol. The number of nitrogens with zero attached hydrogens (tertiary/aromatic N) is 3. The van der Waals surface area contributed by atoms with Crippen LogP contribution in [0, 0.1) is 0 Å². The molecule has 34 heavy (non-hydrogen) atoms. The summed E-state index contributed by atoms with van der Waals surface area (Å²) in [5.41, 5.74) is 3.42. The maximum absolute atomic E-state index is 12.1. The topological polar surface area (TPSA) is 95.3 Å². The molecule has 5 aromatic rings. The van der Waals surface area contributed by atoms with Crippen LogP contribution in [0.3, 0.4) is 0 Å². The second kappa shape index (κ2) is 9.25. The van der Waals surface area contributed by atoms with Crippen LogP contribution < -0.4 is 14.8 Å². The normalized spacial score (nSPS) is 10.6. The van der Waals surface area contributed by atoms with Crippen molar-refractivity contribution in [3.8, 4) is 22.9 Å². The summed E-state index contributed by atoms with van der Waals surface area (Å²) in [6.45, 7) is 0. The van der Waals surface area contributed by atoms with Crippen molar-refractivity contribution in [3.05, 3.63) is 103 Å². The van der Waals surface area contributed by atoms with Crippen molar-refractivity contribution in [2.24, 2.45) is 0 Å². The van der Waals surface area contributed by atoms with E-state index in [0.29, 0.717) is 34.9 Å². The number of benzene rings is 3. The molecule has 2 heterocycles. The number of carbonyl (C=O) groups is 2. The van der Waals surface area contributed by atoms with E-state index in [-0.39, 0.29) is 0 Å². The Kier molecular flexibility index (Phi) is 5.69. The van der Waals surface area contributed by atoms with Gasteiger partial charge in [0.25, 0.3) is 0 Å². The van der Waals surface area contributed by atoms with Crippen molar-refractivity contribution in [3.63, 3.8) is 0 Å². The fourth-order valence-corrected chi connectivity index (χ4v) is 3.40. The highest BCUT2D eigenvalue weighted by Crippen LogP contribution is 2.27. The summed E-state index contributed by atoms with van der Waals surface area (Å²) < 4.78 is 13.0. The molecular formula is C26H18N4O4. The molecule has 1 N–H and O–H groups in total. The molecule has 0 radical (unpaired) electrons. The van der Waals surface area contributed by atoms with Gasteiger partial charge in [-0.1, -0.05) is 18.2 Å². The quantitative estimate of drug-likeness (QED) is 0.337. The number of aromatic nitrogens is 3. The van der Waals surface area contributed by atoms with Gasteiger partial charge in [-0.25, -0.2) is 9.78 Å². The first-order valence-corrected chi connectivity index (χ1v) is 10.4. The zero-order valence-electron chi connectivity index (χ0n) is 17.8. The number of aldehydes is 1. The Labute approximate surface area is 194 Å². The minimum Gasteiger partial charge on any atom is -0.457 e. The fourth-order valence-electron chi connectivity index (χ4n) is 3.40. The number of carbonyl (C=O) groups excluding carboxylic acids is 2. The van der Waals surface area contributed by atoms with Crippen LogP contribution in [0.25, 0.3) is 16.7 Å². The van der Waals surface area contributed by atoms with Crippen molar-refractivity contribution in [2.45, 2.75) is 0 Å². The zero-order chi connectivity index (χ0) is 23.3. The Balaban J connectivity index is 1.30. The molecule has 8 nitrogen and oxygen atoms in total. The van der Waals surface area contributed by atoms with Crippen molar-refractivity contribution in [1.29, 1.82) is 0 Å². The van der Waals surface area contributed by atoms with Crippen molar-refractivity contribution >= 4 is 29.1 Å². The lowest BCUT2D eigenvalue weighted by atomic mass is 10.2. The summed E-state index contributed by atoms with van der Waals surface area (Å²) in [5, 5.41) is 2.71. The first-order valence-electron chi connectivity index (χ1n) is 10.4. The van der Waals surface area contributed by atoms with Crippen LogP contribution in [-0.4, -0.2) is 26.9 Å². The molecule has 1 amide bonds. The SMILES string of the molecule is O=Cc1cc(Oc2ccc3c(c2)ncn3-c2ccc(NC(=O)Oc3ccccc3)cc2)ccn1. The van der Waals surface area contributed by atoms with Crippen molar-refractivity contribution in [2.75, 3.05) is 5.32 Å². The monoisotopic (exact) mass is 450 g/mol. The van der Waals surface area contributed by atoms with E-state index in [1.165, 1.54) is 6.20 Å². The van der Waals surface area contributed by atoms with Crippen molar-refractivity contribution < 1.29 is 19.1 Å². The number of fused-ring (bicyclic) bond motifs is 1. The van der Waals surface area contributed by atoms with Crippen LogP contribution >= 0.6 is 0 Å². The Bertz CT molecular complexity index is 1460. The van der Waals surface area contributed by atoms with Gasteiger partial charge in [0.15, 0.2) is 6.29 Å². The van der Waals surface area contributed by atoms with Crippen LogP contribution in [0.15, 0.2) is 97.5 Å². The molecule has 0 unspecified atom stereocenters. The number of hydrogen-bond donors (Lipinski definition) is 1. The van der Waals surface area contributed by atoms with Gasteiger partial charge < -0.3 is 9.47 Å². The van der Waals surface area contributed by atoms with E-state index >= 15 is 0 Å². The summed E-state index contributed by atoms with van der Waals surface area (Å²) >= 11 is 0. The minimum absolute atomic E-state index is 0.300. The number of anilines is 1. The predicted molar refractivity (Wildman–Crippen MR) is 127 cm³/mol. The maximum atomic E-state index is 12.1. The Hall–Kier alpha value is -4.98. The summed E-state index contributed by atoms with van der Waals surface area (Å²) in [6.07, 6.45) is 3.35. The first kappa shape index (κ1) is 20.9. The number of amides is 1. The van der Waals surface area contributed by atoms with E-state index in [1.807, 2.05) is 41.0 Å². The Morgan fingerprint density at radius 3 is 2.44 bits per heavy atom. The summed E-state index contributed by atoms with van der Waals surface area (Å²) in [7, 11) is 0. The molecule has 5 rings (SSSR count). The third kappa shape index (κ3) is 4.61. The van der Waals surface area contributed by atoms with E-state index in [9.17, 15) is 9.59 Å². The van der Waals surface area contributed by atoms with E-state index in [0.717, 1.165) is 16.7 Å². The molecule has 2 aromatic heterocycles. The molecule has 0 aliphatic rings. The highest BCUT2D eigenvalue weighted by atomic mass is 16.6. The van der Waals surface area contributed by atoms with Gasteiger partial charge in [-0.05, 0) is 54.6 Å². The average molecular weight is 450 g/mol. The van der Waals surface area contributed by atoms with Gasteiger partial charge in [0.05, 0.1) is 11.0 Å². The number of pyridine rings is 1. The molecule has 0 atom stereocenters. The van der Waals surface area contributed by atoms with E-state index in [4.69, 9.17) is 9.47 Å². The third-order valence-electron chi connectivity index (χ3n) is 4.97. The number of hydrogen-bond acceptors (Lipinski definition) is 6.